The maximum Gasteiger partial charge on any atom is 0.408 e. The van der Waals surface area contributed by atoms with E-state index in [0.29, 0.717) is 23.2 Å². The highest BCUT2D eigenvalue weighted by atomic mass is 19.1. The monoisotopic (exact) mass is 395 g/mol. The van der Waals surface area contributed by atoms with Gasteiger partial charge in [-0.1, -0.05) is 24.3 Å². The van der Waals surface area contributed by atoms with E-state index in [4.69, 9.17) is 0 Å². The third-order valence-corrected chi connectivity index (χ3v) is 4.98. The number of nitriles is 1. The van der Waals surface area contributed by atoms with Gasteiger partial charge in [0.15, 0.2) is 0 Å². The minimum Gasteiger partial charge on any atom is -0.465 e. The molecule has 1 atom stereocenters. The minimum absolute atomic E-state index is 0.0568. The highest BCUT2D eigenvalue weighted by molar-refractivity contribution is 5.99. The van der Waals surface area contributed by atoms with Gasteiger partial charge < -0.3 is 10.4 Å². The van der Waals surface area contributed by atoms with Crippen LogP contribution in [0.2, 0.25) is 0 Å². The molecular formula is C22H22FN3O3. The second-order valence-corrected chi connectivity index (χ2v) is 8.03. The zero-order valence-electron chi connectivity index (χ0n) is 16.5. The number of nitrogens with zero attached hydrogens (tertiary/aromatic N) is 2. The molecule has 150 valence electrons. The molecule has 7 heteroatoms. The van der Waals surface area contributed by atoms with Crippen molar-refractivity contribution in [1.82, 2.24) is 10.2 Å². The van der Waals surface area contributed by atoms with Gasteiger partial charge in [-0.25, -0.2) is 9.18 Å². The normalized spacial score (nSPS) is 14.0. The predicted octanol–water partition coefficient (Wildman–Crippen LogP) is 3.95. The SMILES string of the molecule is CC(C)(C)N(C(=O)O)[C@H](C#N)Cc1ccc(-c2ccc3c(c2)C(=O)NC3)cc1F. The average molecular weight is 395 g/mol. The first-order chi connectivity index (χ1) is 13.6. The van der Waals surface area contributed by atoms with E-state index >= 15 is 0 Å². The van der Waals surface area contributed by atoms with Crippen molar-refractivity contribution >= 4 is 12.0 Å². The van der Waals surface area contributed by atoms with Crippen molar-refractivity contribution in [3.63, 3.8) is 0 Å². The molecule has 2 N–H and O–H groups in total. The van der Waals surface area contributed by atoms with Crippen LogP contribution in [0.5, 0.6) is 0 Å². The first-order valence-electron chi connectivity index (χ1n) is 9.23. The summed E-state index contributed by atoms with van der Waals surface area (Å²) < 4.78 is 14.8. The number of carbonyl (C=O) groups excluding carboxylic acids is 1. The van der Waals surface area contributed by atoms with Gasteiger partial charge in [0.1, 0.15) is 11.9 Å². The van der Waals surface area contributed by atoms with Crippen molar-refractivity contribution in [3.8, 4) is 17.2 Å². The van der Waals surface area contributed by atoms with Crippen molar-refractivity contribution in [2.24, 2.45) is 0 Å². The Bertz CT molecular complexity index is 1020. The van der Waals surface area contributed by atoms with Crippen LogP contribution in [0.3, 0.4) is 0 Å². The molecule has 3 rings (SSSR count). The molecule has 0 saturated carbocycles. The van der Waals surface area contributed by atoms with Gasteiger partial charge in [0.25, 0.3) is 5.91 Å². The van der Waals surface area contributed by atoms with E-state index in [1.807, 2.05) is 18.2 Å². The van der Waals surface area contributed by atoms with E-state index in [1.165, 1.54) is 6.07 Å². The van der Waals surface area contributed by atoms with Crippen LogP contribution in [0.1, 0.15) is 42.3 Å². The van der Waals surface area contributed by atoms with Crippen LogP contribution in [0.25, 0.3) is 11.1 Å². The van der Waals surface area contributed by atoms with Crippen LogP contribution in [-0.4, -0.2) is 33.6 Å². The number of carboxylic acid groups (broad SMARTS) is 1. The van der Waals surface area contributed by atoms with Gasteiger partial charge >= 0.3 is 6.09 Å². The van der Waals surface area contributed by atoms with Crippen molar-refractivity contribution in [3.05, 3.63) is 58.9 Å². The summed E-state index contributed by atoms with van der Waals surface area (Å²) in [6.07, 6.45) is -1.28. The molecule has 0 fully saturated rings. The average Bonchev–Trinajstić information content (AvgIpc) is 3.01. The van der Waals surface area contributed by atoms with Gasteiger partial charge in [-0.2, -0.15) is 5.26 Å². The molecule has 29 heavy (non-hydrogen) atoms. The summed E-state index contributed by atoms with van der Waals surface area (Å²) in [7, 11) is 0. The van der Waals surface area contributed by atoms with E-state index in [-0.39, 0.29) is 17.9 Å². The number of carbonyl (C=O) groups is 2. The molecular weight excluding hydrogens is 373 g/mol. The van der Waals surface area contributed by atoms with E-state index in [2.05, 4.69) is 5.32 Å². The smallest absolute Gasteiger partial charge is 0.408 e. The molecule has 2 aromatic rings. The second kappa shape index (κ2) is 7.55. The van der Waals surface area contributed by atoms with Gasteiger partial charge in [-0.15, -0.1) is 0 Å². The fourth-order valence-corrected chi connectivity index (χ4v) is 3.58. The molecule has 0 saturated heterocycles. The molecule has 2 aromatic carbocycles. The lowest BCUT2D eigenvalue weighted by Crippen LogP contribution is -2.51. The molecule has 0 unspecified atom stereocenters. The summed E-state index contributed by atoms with van der Waals surface area (Å²) in [5.41, 5.74) is 2.27. The molecule has 1 aliphatic rings. The van der Waals surface area contributed by atoms with E-state index in [1.54, 1.807) is 39.0 Å². The Kier molecular flexibility index (Phi) is 5.29. The van der Waals surface area contributed by atoms with Crippen LogP contribution in [0, 0.1) is 17.1 Å². The van der Waals surface area contributed by atoms with Gasteiger partial charge in [-0.3, -0.25) is 9.69 Å². The Hall–Kier alpha value is -3.40. The Morgan fingerprint density at radius 1 is 1.28 bits per heavy atom. The number of fused-ring (bicyclic) bond motifs is 1. The Balaban J connectivity index is 1.88. The Labute approximate surface area is 168 Å². The zero-order chi connectivity index (χ0) is 21.3. The lowest BCUT2D eigenvalue weighted by atomic mass is 9.96. The van der Waals surface area contributed by atoms with E-state index in [0.717, 1.165) is 10.5 Å². The fraction of sp³-hybridized carbons (Fsp3) is 0.318. The third-order valence-electron chi connectivity index (χ3n) is 4.98. The van der Waals surface area contributed by atoms with Crippen molar-refractivity contribution in [1.29, 1.82) is 5.26 Å². The van der Waals surface area contributed by atoms with Crippen LogP contribution < -0.4 is 5.32 Å². The van der Waals surface area contributed by atoms with Gasteiger partial charge in [0.05, 0.1) is 6.07 Å². The van der Waals surface area contributed by atoms with Crippen LogP contribution >= 0.6 is 0 Å². The molecule has 0 aliphatic carbocycles. The van der Waals surface area contributed by atoms with Crippen molar-refractivity contribution < 1.29 is 19.1 Å². The van der Waals surface area contributed by atoms with Crippen LogP contribution in [-0.2, 0) is 13.0 Å². The number of hydrogen-bond acceptors (Lipinski definition) is 3. The molecule has 0 spiro atoms. The number of amides is 2. The van der Waals surface area contributed by atoms with Gasteiger partial charge in [0, 0.05) is 24.1 Å². The quantitative estimate of drug-likeness (QED) is 0.820. The van der Waals surface area contributed by atoms with Crippen molar-refractivity contribution in [2.75, 3.05) is 0 Å². The van der Waals surface area contributed by atoms with Crippen LogP contribution in [0.15, 0.2) is 36.4 Å². The first-order valence-corrected chi connectivity index (χ1v) is 9.23. The standard InChI is InChI=1S/C22H22FN3O3/c1-22(2,3)26(21(28)29)17(11-24)8-15-6-4-14(10-19(15)23)13-5-7-16-12-25-20(27)18(16)9-13/h4-7,9-10,17H,8,12H2,1-3H3,(H,25,27)(H,28,29)/t17-/m0/s1. The van der Waals surface area contributed by atoms with E-state index in [9.17, 15) is 24.3 Å². The Morgan fingerprint density at radius 3 is 2.52 bits per heavy atom. The van der Waals surface area contributed by atoms with Crippen molar-refractivity contribution in [2.45, 2.75) is 45.3 Å². The lowest BCUT2D eigenvalue weighted by molar-refractivity contribution is 0.0847. The lowest BCUT2D eigenvalue weighted by Gasteiger charge is -2.36. The second-order valence-electron chi connectivity index (χ2n) is 8.03. The zero-order valence-corrected chi connectivity index (χ0v) is 16.5. The predicted molar refractivity (Wildman–Crippen MR) is 106 cm³/mol. The topological polar surface area (TPSA) is 93.4 Å². The summed E-state index contributed by atoms with van der Waals surface area (Å²) in [4.78, 5) is 24.5. The van der Waals surface area contributed by atoms with E-state index < -0.39 is 23.5 Å². The molecule has 0 aromatic heterocycles. The summed E-state index contributed by atoms with van der Waals surface area (Å²) in [5, 5.41) is 21.7. The maximum absolute atomic E-state index is 14.8. The van der Waals surface area contributed by atoms with Crippen LogP contribution in [0.4, 0.5) is 9.18 Å². The fourth-order valence-electron chi connectivity index (χ4n) is 3.58. The summed E-state index contributed by atoms with van der Waals surface area (Å²) in [6.45, 7) is 5.56. The summed E-state index contributed by atoms with van der Waals surface area (Å²) in [5.74, 6) is -0.668. The summed E-state index contributed by atoms with van der Waals surface area (Å²) in [6, 6.07) is 11.0. The molecule has 6 nitrogen and oxygen atoms in total. The molecule has 1 heterocycles. The van der Waals surface area contributed by atoms with Gasteiger partial charge in [0.2, 0.25) is 0 Å². The maximum atomic E-state index is 14.8. The number of rotatable bonds is 4. The Morgan fingerprint density at radius 2 is 1.93 bits per heavy atom. The number of halogens is 1. The first kappa shape index (κ1) is 20.3. The number of hydrogen-bond donors (Lipinski definition) is 2. The third kappa shape index (κ3) is 4.06. The summed E-state index contributed by atoms with van der Waals surface area (Å²) >= 11 is 0. The molecule has 0 bridgehead atoms. The van der Waals surface area contributed by atoms with Gasteiger partial charge in [-0.05, 0) is 55.2 Å². The minimum atomic E-state index is -1.22. The highest BCUT2D eigenvalue weighted by Gasteiger charge is 2.33. The molecule has 0 radical (unpaired) electrons. The number of nitrogens with one attached hydrogen (secondary N) is 1. The molecule has 1 aliphatic heterocycles. The number of benzene rings is 2. The molecule has 2 amide bonds. The highest BCUT2D eigenvalue weighted by Crippen LogP contribution is 2.28. The largest absolute Gasteiger partial charge is 0.465 e.